The van der Waals surface area contributed by atoms with E-state index in [2.05, 4.69) is 25.2 Å². The number of fused-ring (bicyclic) bond motifs is 4. The summed E-state index contributed by atoms with van der Waals surface area (Å²) in [6.45, 7) is 2.01. The number of anilines is 1. The van der Waals surface area contributed by atoms with Gasteiger partial charge in [0, 0.05) is 59.7 Å². The Morgan fingerprint density at radius 3 is 2.67 bits per heavy atom. The fraction of sp³-hybridized carbons (Fsp3) is 0.310. The molecule has 2 atom stereocenters. The first-order chi connectivity index (χ1) is 19.6. The lowest BCUT2D eigenvalue weighted by Crippen LogP contribution is -2.51. The monoisotopic (exact) mass is 559 g/mol. The molecule has 0 radical (unpaired) electrons. The highest BCUT2D eigenvalue weighted by atomic mass is 35.5. The summed E-state index contributed by atoms with van der Waals surface area (Å²) in [7, 11) is 0. The molecule has 0 aliphatic carbocycles. The van der Waals surface area contributed by atoms with Gasteiger partial charge in [-0.1, -0.05) is 41.9 Å². The van der Waals surface area contributed by atoms with Gasteiger partial charge < -0.3 is 24.6 Å². The third kappa shape index (κ3) is 4.42. The minimum atomic E-state index is -0.547. The maximum absolute atomic E-state index is 16.4. The summed E-state index contributed by atoms with van der Waals surface area (Å²) in [4.78, 5) is 20.2. The molecule has 3 aromatic heterocycles. The molecule has 11 heteroatoms. The van der Waals surface area contributed by atoms with Gasteiger partial charge in [0.05, 0.1) is 11.9 Å². The summed E-state index contributed by atoms with van der Waals surface area (Å²) >= 11 is 6.56. The molecule has 2 N–H and O–H groups in total. The predicted molar refractivity (Wildman–Crippen MR) is 151 cm³/mol. The van der Waals surface area contributed by atoms with Crippen LogP contribution >= 0.6 is 11.6 Å². The number of nitrogens with zero attached hydrogens (tertiary/aromatic N) is 6. The number of hydrogen-bond acceptors (Lipinski definition) is 8. The second kappa shape index (κ2) is 10.3. The summed E-state index contributed by atoms with van der Waals surface area (Å²) in [5.74, 6) is 0.607. The minimum Gasteiger partial charge on any atom is -0.461 e. The average molecular weight is 560 g/mol. The van der Waals surface area contributed by atoms with Crippen LogP contribution in [-0.4, -0.2) is 61.4 Å². The van der Waals surface area contributed by atoms with E-state index in [-0.39, 0.29) is 30.4 Å². The SMILES string of the molecule is OCc1nccn1CCOc1nc(N2CC3CCC(C2)N3)c2cnc(-c3cccc4cccc(Cl)c34)c(F)c2n1. The summed E-state index contributed by atoms with van der Waals surface area (Å²) < 4.78 is 24.2. The molecular weight excluding hydrogens is 533 g/mol. The third-order valence-electron chi connectivity index (χ3n) is 7.78. The largest absolute Gasteiger partial charge is 0.461 e. The Kier molecular flexibility index (Phi) is 6.45. The Hall–Kier alpha value is -3.86. The van der Waals surface area contributed by atoms with Crippen molar-refractivity contribution in [1.82, 2.24) is 29.8 Å². The molecule has 5 aromatic rings. The molecule has 7 rings (SSSR count). The summed E-state index contributed by atoms with van der Waals surface area (Å²) in [6, 6.07) is 12.0. The number of hydrogen-bond donors (Lipinski definition) is 2. The van der Waals surface area contributed by atoms with Gasteiger partial charge in [-0.25, -0.2) is 9.37 Å². The van der Waals surface area contributed by atoms with E-state index in [4.69, 9.17) is 21.3 Å². The van der Waals surface area contributed by atoms with Crippen molar-refractivity contribution in [2.24, 2.45) is 0 Å². The minimum absolute atomic E-state index is 0.0889. The number of aliphatic hydroxyl groups excluding tert-OH is 1. The summed E-state index contributed by atoms with van der Waals surface area (Å²) in [5, 5.41) is 15.8. The predicted octanol–water partition coefficient (Wildman–Crippen LogP) is 4.35. The Morgan fingerprint density at radius 1 is 1.07 bits per heavy atom. The molecule has 0 amide bonds. The number of pyridine rings is 1. The van der Waals surface area contributed by atoms with Crippen molar-refractivity contribution < 1.29 is 14.2 Å². The fourth-order valence-electron chi connectivity index (χ4n) is 5.91. The topological polar surface area (TPSA) is 101 Å². The highest BCUT2D eigenvalue weighted by Gasteiger charge is 2.34. The lowest BCUT2D eigenvalue weighted by molar-refractivity contribution is 0.248. The average Bonchev–Trinajstić information content (AvgIpc) is 3.57. The molecule has 40 heavy (non-hydrogen) atoms. The molecule has 2 aliphatic heterocycles. The zero-order chi connectivity index (χ0) is 27.2. The van der Waals surface area contributed by atoms with Gasteiger partial charge in [-0.3, -0.25) is 4.98 Å². The van der Waals surface area contributed by atoms with Crippen molar-refractivity contribution in [3.05, 3.63) is 71.7 Å². The van der Waals surface area contributed by atoms with Crippen molar-refractivity contribution in [3.63, 3.8) is 0 Å². The molecule has 0 saturated carbocycles. The van der Waals surface area contributed by atoms with Crippen LogP contribution in [0.25, 0.3) is 32.9 Å². The maximum Gasteiger partial charge on any atom is 0.319 e. The van der Waals surface area contributed by atoms with E-state index in [0.717, 1.165) is 36.7 Å². The zero-order valence-corrected chi connectivity index (χ0v) is 22.4. The van der Waals surface area contributed by atoms with Gasteiger partial charge in [0.1, 0.15) is 36.1 Å². The molecule has 204 valence electrons. The van der Waals surface area contributed by atoms with Crippen LogP contribution < -0.4 is 15.0 Å². The molecule has 2 saturated heterocycles. The van der Waals surface area contributed by atoms with Crippen LogP contribution in [0.1, 0.15) is 18.7 Å². The Morgan fingerprint density at radius 2 is 1.88 bits per heavy atom. The number of halogens is 2. The smallest absolute Gasteiger partial charge is 0.319 e. The van der Waals surface area contributed by atoms with Crippen LogP contribution in [0, 0.1) is 5.82 Å². The number of aliphatic hydroxyl groups is 1. The zero-order valence-electron chi connectivity index (χ0n) is 21.6. The molecule has 2 unspecified atom stereocenters. The van der Waals surface area contributed by atoms with Crippen LogP contribution in [0.5, 0.6) is 6.01 Å². The number of piperazine rings is 1. The molecule has 5 heterocycles. The van der Waals surface area contributed by atoms with Crippen molar-refractivity contribution >= 4 is 39.1 Å². The van der Waals surface area contributed by atoms with E-state index < -0.39 is 5.82 Å². The first-order valence-corrected chi connectivity index (χ1v) is 13.8. The van der Waals surface area contributed by atoms with Gasteiger partial charge in [0.15, 0.2) is 5.82 Å². The molecule has 2 fully saturated rings. The molecule has 2 aliphatic rings. The van der Waals surface area contributed by atoms with Crippen LogP contribution in [0.3, 0.4) is 0 Å². The van der Waals surface area contributed by atoms with E-state index in [0.29, 0.717) is 46.2 Å². The van der Waals surface area contributed by atoms with E-state index in [9.17, 15) is 5.11 Å². The van der Waals surface area contributed by atoms with E-state index in [1.165, 1.54) is 0 Å². The molecule has 2 aromatic carbocycles. The first kappa shape index (κ1) is 25.1. The number of benzene rings is 2. The van der Waals surface area contributed by atoms with Gasteiger partial charge in [0.25, 0.3) is 0 Å². The number of aromatic nitrogens is 5. The van der Waals surface area contributed by atoms with Gasteiger partial charge in [0.2, 0.25) is 0 Å². The molecule has 9 nitrogen and oxygen atoms in total. The van der Waals surface area contributed by atoms with Crippen LogP contribution in [0.15, 0.2) is 55.0 Å². The number of rotatable bonds is 7. The van der Waals surface area contributed by atoms with Gasteiger partial charge >= 0.3 is 6.01 Å². The summed E-state index contributed by atoms with van der Waals surface area (Å²) in [6.07, 6.45) is 7.25. The molecule has 2 bridgehead atoms. The van der Waals surface area contributed by atoms with Crippen LogP contribution in [0.2, 0.25) is 5.02 Å². The van der Waals surface area contributed by atoms with E-state index >= 15 is 4.39 Å². The highest BCUT2D eigenvalue weighted by molar-refractivity contribution is 6.36. The van der Waals surface area contributed by atoms with Crippen molar-refractivity contribution in [2.75, 3.05) is 24.6 Å². The number of nitrogens with one attached hydrogen (secondary N) is 1. The van der Waals surface area contributed by atoms with Gasteiger partial charge in [-0.2, -0.15) is 9.97 Å². The van der Waals surface area contributed by atoms with Crippen LogP contribution in [0.4, 0.5) is 10.2 Å². The highest BCUT2D eigenvalue weighted by Crippen LogP contribution is 2.38. The Bertz CT molecular complexity index is 1710. The van der Waals surface area contributed by atoms with Crippen molar-refractivity contribution in [2.45, 2.75) is 38.1 Å². The normalized spacial score (nSPS) is 18.6. The standard InChI is InChI=1S/C29H27ClFN7O2/c30-22-6-2-4-17-3-1-5-20(24(17)22)26-25(31)27-21(13-33-26)28(38-14-18-7-8-19(15-38)34-18)36-29(35-27)40-12-11-37-10-9-32-23(37)16-39/h1-6,9-10,13,18-19,34,39H,7-8,11-12,14-16H2. The fourth-order valence-corrected chi connectivity index (χ4v) is 6.19. The van der Waals surface area contributed by atoms with Gasteiger partial charge in [-0.15, -0.1) is 0 Å². The Labute approximate surface area is 234 Å². The third-order valence-corrected chi connectivity index (χ3v) is 8.09. The van der Waals surface area contributed by atoms with Gasteiger partial charge in [-0.05, 0) is 24.3 Å². The Balaban J connectivity index is 1.32. The lowest BCUT2D eigenvalue weighted by atomic mass is 10.0. The quantitative estimate of drug-likeness (QED) is 0.304. The van der Waals surface area contributed by atoms with Crippen LogP contribution in [-0.2, 0) is 13.2 Å². The van der Waals surface area contributed by atoms with E-state index in [1.807, 2.05) is 30.3 Å². The first-order valence-electron chi connectivity index (χ1n) is 13.4. The van der Waals surface area contributed by atoms with E-state index in [1.54, 1.807) is 29.2 Å². The summed E-state index contributed by atoms with van der Waals surface area (Å²) in [5.41, 5.74) is 0.925. The van der Waals surface area contributed by atoms with Crippen molar-refractivity contribution in [1.29, 1.82) is 0 Å². The maximum atomic E-state index is 16.4. The lowest BCUT2D eigenvalue weighted by Gasteiger charge is -2.34. The second-order valence-corrected chi connectivity index (χ2v) is 10.6. The second-order valence-electron chi connectivity index (χ2n) is 10.2. The van der Waals surface area contributed by atoms with Crippen molar-refractivity contribution in [3.8, 4) is 17.3 Å². The number of ether oxygens (including phenoxy) is 1. The molecule has 0 spiro atoms. The number of imidazole rings is 1. The molecular formula is C29H27ClFN7O2.